The number of benzene rings is 2. The van der Waals surface area contributed by atoms with Gasteiger partial charge in [0.15, 0.2) is 5.96 Å². The number of nitrogens with one attached hydrogen (secondary N) is 3. The molecule has 0 saturated carbocycles. The van der Waals surface area contributed by atoms with Crippen molar-refractivity contribution >= 4 is 41.5 Å². The number of carbonyl (C=O) groups is 1. The molecular weight excluding hydrogens is 467 g/mol. The van der Waals surface area contributed by atoms with Crippen molar-refractivity contribution < 1.29 is 9.53 Å². The lowest BCUT2D eigenvalue weighted by atomic mass is 9.90. The van der Waals surface area contributed by atoms with Crippen LogP contribution in [0.1, 0.15) is 30.4 Å². The Hall–Kier alpha value is -2.29. The second-order valence-electron chi connectivity index (χ2n) is 6.46. The van der Waals surface area contributed by atoms with Crippen molar-refractivity contribution in [2.24, 2.45) is 4.99 Å². The van der Waals surface area contributed by atoms with Crippen LogP contribution in [0.15, 0.2) is 53.5 Å². The average Bonchev–Trinajstić information content (AvgIpc) is 2.70. The minimum Gasteiger partial charge on any atom is -0.497 e. The van der Waals surface area contributed by atoms with Crippen molar-refractivity contribution in [2.45, 2.75) is 25.8 Å². The molecule has 3 rings (SSSR count). The first-order chi connectivity index (χ1) is 13.2. The van der Waals surface area contributed by atoms with E-state index in [9.17, 15) is 4.79 Å². The minimum atomic E-state index is 0. The van der Waals surface area contributed by atoms with Gasteiger partial charge in [-0.25, -0.2) is 4.99 Å². The number of fused-ring (bicyclic) bond motifs is 1. The largest absolute Gasteiger partial charge is 0.497 e. The highest BCUT2D eigenvalue weighted by Crippen LogP contribution is 2.31. The van der Waals surface area contributed by atoms with Gasteiger partial charge in [-0.05, 0) is 36.2 Å². The number of methoxy groups -OCH3 is 1. The van der Waals surface area contributed by atoms with Gasteiger partial charge in [0.25, 0.3) is 0 Å². The molecule has 1 unspecified atom stereocenters. The zero-order valence-electron chi connectivity index (χ0n) is 16.2. The number of para-hydroxylation sites is 1. The van der Waals surface area contributed by atoms with Crippen molar-refractivity contribution in [2.75, 3.05) is 25.5 Å². The number of rotatable bonds is 6. The van der Waals surface area contributed by atoms with Crippen LogP contribution in [0.2, 0.25) is 0 Å². The van der Waals surface area contributed by atoms with E-state index in [-0.39, 0.29) is 35.8 Å². The molecule has 0 saturated heterocycles. The molecule has 1 atom stereocenters. The molecule has 0 aliphatic carbocycles. The highest BCUT2D eigenvalue weighted by atomic mass is 127. The Labute approximate surface area is 183 Å². The molecule has 28 heavy (non-hydrogen) atoms. The highest BCUT2D eigenvalue weighted by Gasteiger charge is 2.24. The van der Waals surface area contributed by atoms with Crippen LogP contribution in [-0.2, 0) is 11.3 Å². The van der Waals surface area contributed by atoms with Crippen molar-refractivity contribution in [3.8, 4) is 5.75 Å². The zero-order valence-corrected chi connectivity index (χ0v) is 18.5. The Morgan fingerprint density at radius 1 is 1.21 bits per heavy atom. The summed E-state index contributed by atoms with van der Waals surface area (Å²) >= 11 is 0. The Bertz CT molecular complexity index is 826. The van der Waals surface area contributed by atoms with Gasteiger partial charge in [-0.3, -0.25) is 4.79 Å². The predicted molar refractivity (Wildman–Crippen MR) is 124 cm³/mol. The molecule has 0 bridgehead atoms. The third kappa shape index (κ3) is 5.85. The first-order valence-corrected chi connectivity index (χ1v) is 9.23. The number of amides is 1. The highest BCUT2D eigenvalue weighted by molar-refractivity contribution is 14.0. The second-order valence-corrected chi connectivity index (χ2v) is 6.46. The molecule has 1 heterocycles. The molecule has 3 N–H and O–H groups in total. The van der Waals surface area contributed by atoms with Gasteiger partial charge in [-0.1, -0.05) is 30.3 Å². The molecule has 2 aromatic rings. The van der Waals surface area contributed by atoms with Crippen molar-refractivity contribution in [1.29, 1.82) is 0 Å². The molecule has 7 heteroatoms. The minimum absolute atomic E-state index is 0. The fourth-order valence-corrected chi connectivity index (χ4v) is 3.19. The zero-order chi connectivity index (χ0) is 19.1. The molecule has 1 aliphatic heterocycles. The van der Waals surface area contributed by atoms with Crippen LogP contribution in [0.25, 0.3) is 0 Å². The summed E-state index contributed by atoms with van der Waals surface area (Å²) < 4.78 is 5.26. The lowest BCUT2D eigenvalue weighted by molar-refractivity contribution is -0.116. The lowest BCUT2D eigenvalue weighted by Crippen LogP contribution is -2.40. The smallest absolute Gasteiger partial charge is 0.225 e. The first kappa shape index (κ1) is 22.0. The number of ether oxygens (including phenoxy) is 1. The van der Waals surface area contributed by atoms with Crippen LogP contribution < -0.4 is 20.7 Å². The average molecular weight is 494 g/mol. The third-order valence-electron chi connectivity index (χ3n) is 4.52. The van der Waals surface area contributed by atoms with E-state index in [4.69, 9.17) is 4.74 Å². The van der Waals surface area contributed by atoms with E-state index in [0.717, 1.165) is 35.1 Å². The maximum absolute atomic E-state index is 12.0. The molecule has 2 aromatic carbocycles. The number of guanidine groups is 1. The molecule has 1 amide bonds. The lowest BCUT2D eigenvalue weighted by Gasteiger charge is -2.26. The number of hydrogen-bond donors (Lipinski definition) is 3. The maximum atomic E-state index is 12.0. The summed E-state index contributed by atoms with van der Waals surface area (Å²) in [5.41, 5.74) is 3.14. The van der Waals surface area contributed by atoms with Crippen LogP contribution in [0.4, 0.5) is 5.69 Å². The molecule has 0 fully saturated rings. The van der Waals surface area contributed by atoms with Crippen LogP contribution in [-0.4, -0.2) is 32.1 Å². The van der Waals surface area contributed by atoms with Crippen LogP contribution in [0.3, 0.4) is 0 Å². The van der Waals surface area contributed by atoms with Gasteiger partial charge in [0.05, 0.1) is 13.7 Å². The topological polar surface area (TPSA) is 74.8 Å². The quantitative estimate of drug-likeness (QED) is 0.327. The maximum Gasteiger partial charge on any atom is 0.225 e. The molecule has 0 spiro atoms. The van der Waals surface area contributed by atoms with Gasteiger partial charge >= 0.3 is 0 Å². The van der Waals surface area contributed by atoms with E-state index in [1.54, 1.807) is 7.11 Å². The van der Waals surface area contributed by atoms with Crippen molar-refractivity contribution in [3.63, 3.8) is 0 Å². The number of aliphatic imine (C=N–C) groups is 1. The second kappa shape index (κ2) is 10.9. The number of nitrogens with zero attached hydrogens (tertiary/aromatic N) is 1. The predicted octanol–water partition coefficient (Wildman–Crippen LogP) is 3.49. The first-order valence-electron chi connectivity index (χ1n) is 9.23. The van der Waals surface area contributed by atoms with Gasteiger partial charge in [0.2, 0.25) is 5.91 Å². The van der Waals surface area contributed by atoms with Gasteiger partial charge in [0.1, 0.15) is 5.75 Å². The molecule has 6 nitrogen and oxygen atoms in total. The Kier molecular flexibility index (Phi) is 8.56. The van der Waals surface area contributed by atoms with Gasteiger partial charge < -0.3 is 20.7 Å². The van der Waals surface area contributed by atoms with Crippen LogP contribution in [0.5, 0.6) is 5.75 Å². The van der Waals surface area contributed by atoms with E-state index in [2.05, 4.69) is 27.0 Å². The number of anilines is 1. The van der Waals surface area contributed by atoms with Crippen molar-refractivity contribution in [3.05, 3.63) is 59.7 Å². The third-order valence-corrected chi connectivity index (χ3v) is 4.52. The summed E-state index contributed by atoms with van der Waals surface area (Å²) in [5, 5.41) is 9.58. The Morgan fingerprint density at radius 3 is 2.82 bits per heavy atom. The summed E-state index contributed by atoms with van der Waals surface area (Å²) in [6.07, 6.45) is 0.472. The summed E-state index contributed by atoms with van der Waals surface area (Å²) in [4.78, 5) is 16.6. The normalized spacial score (nSPS) is 15.7. The number of halogens is 1. The van der Waals surface area contributed by atoms with Crippen LogP contribution >= 0.6 is 24.0 Å². The molecule has 1 aliphatic rings. The molecule has 0 aromatic heterocycles. The SMILES string of the molecule is CCNC(=NCc1cccc(OC)c1)NCC1CC(=O)Nc2ccccc21.I. The number of carbonyl (C=O) groups excluding carboxylic acids is 1. The molecule has 150 valence electrons. The monoisotopic (exact) mass is 494 g/mol. The Balaban J connectivity index is 0.00000280. The summed E-state index contributed by atoms with van der Waals surface area (Å²) in [6, 6.07) is 15.8. The van der Waals surface area contributed by atoms with E-state index in [1.807, 2.05) is 49.4 Å². The molecule has 0 radical (unpaired) electrons. The van der Waals surface area contributed by atoms with Gasteiger partial charge in [0, 0.05) is 31.1 Å². The molecular formula is C21H27IN4O2. The van der Waals surface area contributed by atoms with Gasteiger partial charge in [-0.15, -0.1) is 24.0 Å². The van der Waals surface area contributed by atoms with E-state index in [0.29, 0.717) is 19.5 Å². The fourth-order valence-electron chi connectivity index (χ4n) is 3.19. The number of hydrogen-bond acceptors (Lipinski definition) is 3. The summed E-state index contributed by atoms with van der Waals surface area (Å²) in [6.45, 7) is 4.00. The van der Waals surface area contributed by atoms with E-state index < -0.39 is 0 Å². The van der Waals surface area contributed by atoms with Crippen molar-refractivity contribution in [1.82, 2.24) is 10.6 Å². The fraction of sp³-hybridized carbons (Fsp3) is 0.333. The standard InChI is InChI=1S/C21H26N4O2.HI/c1-3-22-21(23-13-15-7-6-8-17(11-15)27-2)24-14-16-12-20(26)25-19-10-5-4-9-18(16)19;/h4-11,16H,3,12-14H2,1-2H3,(H,25,26)(H2,22,23,24);1H. The summed E-state index contributed by atoms with van der Waals surface area (Å²) in [7, 11) is 1.66. The summed E-state index contributed by atoms with van der Waals surface area (Å²) in [5.74, 6) is 1.74. The van der Waals surface area contributed by atoms with E-state index in [1.165, 1.54) is 0 Å². The van der Waals surface area contributed by atoms with Crippen LogP contribution in [0, 0.1) is 0 Å². The van der Waals surface area contributed by atoms with Gasteiger partial charge in [-0.2, -0.15) is 0 Å². The Morgan fingerprint density at radius 2 is 2.04 bits per heavy atom. The van der Waals surface area contributed by atoms with E-state index >= 15 is 0 Å².